The van der Waals surface area contributed by atoms with Crippen LogP contribution >= 0.6 is 24.0 Å². The number of benzene rings is 1. The van der Waals surface area contributed by atoms with Crippen LogP contribution in [0.25, 0.3) is 0 Å². The van der Waals surface area contributed by atoms with Crippen LogP contribution in [-0.4, -0.2) is 74.9 Å². The Morgan fingerprint density at radius 2 is 1.87 bits per heavy atom. The van der Waals surface area contributed by atoms with E-state index in [2.05, 4.69) is 57.7 Å². The summed E-state index contributed by atoms with van der Waals surface area (Å²) in [6.45, 7) is 10.2. The predicted molar refractivity (Wildman–Crippen MR) is 135 cm³/mol. The Morgan fingerprint density at radius 1 is 1.13 bits per heavy atom. The summed E-state index contributed by atoms with van der Waals surface area (Å²) in [5, 5.41) is 7.19. The molecule has 6 nitrogen and oxygen atoms in total. The van der Waals surface area contributed by atoms with Crippen LogP contribution in [-0.2, 0) is 4.74 Å². The number of hydrogen-bond acceptors (Lipinski definition) is 4. The third-order valence-electron chi connectivity index (χ3n) is 6.73. The summed E-state index contributed by atoms with van der Waals surface area (Å²) in [4.78, 5) is 10.2. The van der Waals surface area contributed by atoms with Crippen LogP contribution in [0.2, 0.25) is 0 Å². The molecular formula is C23H38IN5O. The van der Waals surface area contributed by atoms with Gasteiger partial charge < -0.3 is 20.3 Å². The molecule has 0 aliphatic carbocycles. The number of para-hydroxylation sites is 1. The average molecular weight is 527 g/mol. The fourth-order valence-electron chi connectivity index (χ4n) is 5.01. The molecule has 3 saturated heterocycles. The van der Waals surface area contributed by atoms with Crippen LogP contribution in [0, 0.1) is 0 Å². The van der Waals surface area contributed by atoms with E-state index in [1.807, 2.05) is 0 Å². The molecule has 0 radical (unpaired) electrons. The maximum atomic E-state index is 5.69. The minimum Gasteiger partial charge on any atom is -0.381 e. The van der Waals surface area contributed by atoms with E-state index in [4.69, 9.17) is 9.73 Å². The first kappa shape index (κ1) is 23.6. The van der Waals surface area contributed by atoms with E-state index in [1.165, 1.54) is 31.6 Å². The maximum Gasteiger partial charge on any atom is 0.191 e. The molecule has 2 N–H and O–H groups in total. The first-order chi connectivity index (χ1) is 14.3. The zero-order valence-corrected chi connectivity index (χ0v) is 20.6. The van der Waals surface area contributed by atoms with Crippen LogP contribution in [0.3, 0.4) is 0 Å². The second kappa shape index (κ2) is 11.5. The highest BCUT2D eigenvalue weighted by atomic mass is 127. The highest BCUT2D eigenvalue weighted by Crippen LogP contribution is 2.31. The van der Waals surface area contributed by atoms with Gasteiger partial charge in [-0.25, -0.2) is 0 Å². The quantitative estimate of drug-likeness (QED) is 0.339. The van der Waals surface area contributed by atoms with Crippen LogP contribution in [0.15, 0.2) is 35.3 Å². The Morgan fingerprint density at radius 3 is 2.57 bits per heavy atom. The number of hydrogen-bond donors (Lipinski definition) is 2. The van der Waals surface area contributed by atoms with E-state index in [9.17, 15) is 0 Å². The predicted octanol–water partition coefficient (Wildman–Crippen LogP) is 3.08. The standard InChI is InChI=1S/C23H37N5O.HI/c1-2-24-22(26-20-10-15-27(18-20)21-8-4-3-5-9-21)25-19-23(11-16-29-17-12-23)28-13-6-7-14-28;/h3-5,8-9,20H,2,6-7,10-19H2,1H3,(H2,24,25,26);1H. The van der Waals surface area contributed by atoms with Crippen LogP contribution < -0.4 is 15.5 Å². The Bertz CT molecular complexity index is 659. The van der Waals surface area contributed by atoms with Gasteiger partial charge in [-0.15, -0.1) is 24.0 Å². The molecule has 1 aromatic carbocycles. The van der Waals surface area contributed by atoms with Crippen molar-refractivity contribution in [2.45, 2.75) is 50.6 Å². The second-order valence-electron chi connectivity index (χ2n) is 8.64. The second-order valence-corrected chi connectivity index (χ2v) is 8.64. The Balaban J connectivity index is 0.00000256. The van der Waals surface area contributed by atoms with Gasteiger partial charge in [0.1, 0.15) is 0 Å². The van der Waals surface area contributed by atoms with Crippen LogP contribution in [0.4, 0.5) is 5.69 Å². The minimum atomic E-state index is 0. The number of guanidine groups is 1. The van der Waals surface area contributed by atoms with Crippen molar-refractivity contribution in [3.05, 3.63) is 30.3 Å². The first-order valence-electron chi connectivity index (χ1n) is 11.5. The number of rotatable bonds is 6. The van der Waals surface area contributed by atoms with Gasteiger partial charge in [0.2, 0.25) is 0 Å². The molecule has 0 bridgehead atoms. The topological polar surface area (TPSA) is 52.1 Å². The average Bonchev–Trinajstić information content (AvgIpc) is 3.46. The smallest absolute Gasteiger partial charge is 0.191 e. The van der Waals surface area contributed by atoms with Gasteiger partial charge in [-0.3, -0.25) is 9.89 Å². The summed E-state index contributed by atoms with van der Waals surface area (Å²) in [5.41, 5.74) is 1.50. The van der Waals surface area contributed by atoms with Crippen molar-refractivity contribution in [1.82, 2.24) is 15.5 Å². The van der Waals surface area contributed by atoms with Crippen molar-refractivity contribution in [3.63, 3.8) is 0 Å². The number of nitrogens with one attached hydrogen (secondary N) is 2. The summed E-state index contributed by atoms with van der Waals surface area (Å²) in [6, 6.07) is 11.2. The number of aliphatic imine (C=N–C) groups is 1. The van der Waals surface area contributed by atoms with Crippen molar-refractivity contribution < 1.29 is 4.74 Å². The van der Waals surface area contributed by atoms with E-state index in [1.54, 1.807) is 0 Å². The van der Waals surface area contributed by atoms with Crippen molar-refractivity contribution in [3.8, 4) is 0 Å². The fraction of sp³-hybridized carbons (Fsp3) is 0.696. The summed E-state index contributed by atoms with van der Waals surface area (Å²) < 4.78 is 5.69. The first-order valence-corrected chi connectivity index (χ1v) is 11.5. The Hall–Kier alpha value is -1.06. The van der Waals surface area contributed by atoms with E-state index < -0.39 is 0 Å². The molecule has 7 heteroatoms. The third kappa shape index (κ3) is 5.79. The Labute approximate surface area is 198 Å². The molecule has 30 heavy (non-hydrogen) atoms. The molecule has 1 unspecified atom stereocenters. The lowest BCUT2D eigenvalue weighted by Crippen LogP contribution is -2.54. The SMILES string of the molecule is CCNC(=NCC1(N2CCCC2)CCOCC1)NC1CCN(c2ccccc2)C1.I. The number of ether oxygens (including phenoxy) is 1. The van der Waals surface area contributed by atoms with Gasteiger partial charge in [0.15, 0.2) is 5.96 Å². The molecule has 3 heterocycles. The number of nitrogens with zero attached hydrogens (tertiary/aromatic N) is 3. The number of likely N-dealkylation sites (tertiary alicyclic amines) is 1. The molecule has 3 fully saturated rings. The van der Waals surface area contributed by atoms with Crippen molar-refractivity contribution in [2.75, 3.05) is 57.4 Å². The van der Waals surface area contributed by atoms with E-state index in [0.717, 1.165) is 64.6 Å². The normalized spacial score (nSPS) is 24.5. The van der Waals surface area contributed by atoms with Crippen LogP contribution in [0.1, 0.15) is 39.0 Å². The molecule has 1 atom stereocenters. The fourth-order valence-corrected chi connectivity index (χ4v) is 5.01. The molecule has 0 aromatic heterocycles. The molecule has 3 aliphatic heterocycles. The van der Waals surface area contributed by atoms with Gasteiger partial charge in [0.05, 0.1) is 6.54 Å². The maximum absolute atomic E-state index is 5.69. The molecule has 168 valence electrons. The number of halogens is 1. The highest BCUT2D eigenvalue weighted by Gasteiger charge is 2.39. The molecule has 0 saturated carbocycles. The van der Waals surface area contributed by atoms with Crippen molar-refractivity contribution in [1.29, 1.82) is 0 Å². The highest BCUT2D eigenvalue weighted by molar-refractivity contribution is 14.0. The lowest BCUT2D eigenvalue weighted by atomic mass is 9.88. The van der Waals surface area contributed by atoms with Gasteiger partial charge in [0, 0.05) is 50.1 Å². The van der Waals surface area contributed by atoms with Crippen molar-refractivity contribution >= 4 is 35.6 Å². The number of anilines is 1. The zero-order chi connectivity index (χ0) is 19.9. The van der Waals surface area contributed by atoms with E-state index >= 15 is 0 Å². The zero-order valence-electron chi connectivity index (χ0n) is 18.3. The van der Waals surface area contributed by atoms with Crippen molar-refractivity contribution in [2.24, 2.45) is 4.99 Å². The molecule has 3 aliphatic rings. The summed E-state index contributed by atoms with van der Waals surface area (Å²) >= 11 is 0. The summed E-state index contributed by atoms with van der Waals surface area (Å²) in [6.07, 6.45) is 5.98. The molecule has 4 rings (SSSR count). The monoisotopic (exact) mass is 527 g/mol. The molecule has 0 amide bonds. The van der Waals surface area contributed by atoms with E-state index in [-0.39, 0.29) is 29.5 Å². The summed E-state index contributed by atoms with van der Waals surface area (Å²) in [5.74, 6) is 0.970. The molecule has 1 aromatic rings. The van der Waals surface area contributed by atoms with E-state index in [0.29, 0.717) is 6.04 Å². The van der Waals surface area contributed by atoms with Crippen LogP contribution in [0.5, 0.6) is 0 Å². The van der Waals surface area contributed by atoms with Gasteiger partial charge in [0.25, 0.3) is 0 Å². The lowest BCUT2D eigenvalue weighted by molar-refractivity contribution is -0.0139. The van der Waals surface area contributed by atoms with Gasteiger partial charge >= 0.3 is 0 Å². The third-order valence-corrected chi connectivity index (χ3v) is 6.73. The summed E-state index contributed by atoms with van der Waals surface area (Å²) in [7, 11) is 0. The Kier molecular flexibility index (Phi) is 9.07. The largest absolute Gasteiger partial charge is 0.381 e. The van der Waals surface area contributed by atoms with Gasteiger partial charge in [-0.05, 0) is 64.3 Å². The van der Waals surface area contributed by atoms with Gasteiger partial charge in [-0.2, -0.15) is 0 Å². The molecular weight excluding hydrogens is 489 g/mol. The lowest BCUT2D eigenvalue weighted by Gasteiger charge is -2.43. The minimum absolute atomic E-state index is 0. The van der Waals surface area contributed by atoms with Gasteiger partial charge in [-0.1, -0.05) is 18.2 Å². The molecule has 0 spiro atoms.